The molecule has 0 aliphatic carbocycles. The summed E-state index contributed by atoms with van der Waals surface area (Å²) >= 11 is 1.79. The minimum Gasteiger partial charge on any atom is -0.342 e. The van der Waals surface area contributed by atoms with Crippen LogP contribution < -0.4 is 5.32 Å². The van der Waals surface area contributed by atoms with Gasteiger partial charge in [-0.05, 0) is 44.9 Å². The van der Waals surface area contributed by atoms with Crippen LogP contribution in [-0.4, -0.2) is 48.0 Å². The first kappa shape index (κ1) is 14.8. The van der Waals surface area contributed by atoms with Crippen LogP contribution in [0.1, 0.15) is 39.5 Å². The number of amides is 1. The maximum Gasteiger partial charge on any atom is 0.232 e. The van der Waals surface area contributed by atoms with Gasteiger partial charge in [0.1, 0.15) is 0 Å². The topological polar surface area (TPSA) is 32.3 Å². The van der Waals surface area contributed by atoms with Crippen LogP contribution in [-0.2, 0) is 4.79 Å². The zero-order valence-corrected chi connectivity index (χ0v) is 12.0. The van der Waals surface area contributed by atoms with Crippen LogP contribution in [0.15, 0.2) is 0 Å². The largest absolute Gasteiger partial charge is 0.342 e. The Morgan fingerprint density at radius 1 is 1.41 bits per heavy atom. The van der Waals surface area contributed by atoms with E-state index in [0.717, 1.165) is 25.4 Å². The molecule has 1 saturated heterocycles. The normalized spacial score (nSPS) is 17.4. The number of rotatable bonds is 8. The Labute approximate surface area is 110 Å². The van der Waals surface area contributed by atoms with Crippen LogP contribution in [0, 0.1) is 0 Å². The van der Waals surface area contributed by atoms with E-state index in [1.807, 2.05) is 4.90 Å². The molecule has 0 aromatic rings. The molecule has 0 bridgehead atoms. The average molecular weight is 258 g/mol. The fourth-order valence-electron chi connectivity index (χ4n) is 2.16. The van der Waals surface area contributed by atoms with Gasteiger partial charge in [-0.3, -0.25) is 4.79 Å². The standard InChI is InChI=1S/C13H26N2OS/c1-3-14-12(2)7-6-10-17-11-13(16)15-8-4-5-9-15/h12,14H,3-11H2,1-2H3. The lowest BCUT2D eigenvalue weighted by molar-refractivity contribution is -0.127. The van der Waals surface area contributed by atoms with Crippen LogP contribution in [0.25, 0.3) is 0 Å². The van der Waals surface area contributed by atoms with Gasteiger partial charge in [0.2, 0.25) is 5.91 Å². The van der Waals surface area contributed by atoms with Gasteiger partial charge < -0.3 is 10.2 Å². The third-order valence-corrected chi connectivity index (χ3v) is 4.19. The third-order valence-electron chi connectivity index (χ3n) is 3.16. The Hall–Kier alpha value is -0.220. The van der Waals surface area contributed by atoms with Gasteiger partial charge in [0.25, 0.3) is 0 Å². The lowest BCUT2D eigenvalue weighted by atomic mass is 10.2. The van der Waals surface area contributed by atoms with E-state index in [1.54, 1.807) is 11.8 Å². The SMILES string of the molecule is CCNC(C)CCCSCC(=O)N1CCCC1. The van der Waals surface area contributed by atoms with Crippen molar-refractivity contribution in [2.75, 3.05) is 31.1 Å². The molecule has 0 saturated carbocycles. The molecular weight excluding hydrogens is 232 g/mol. The molecule has 1 aliphatic rings. The Morgan fingerprint density at radius 3 is 2.76 bits per heavy atom. The van der Waals surface area contributed by atoms with Crippen molar-refractivity contribution in [3.63, 3.8) is 0 Å². The minimum atomic E-state index is 0.340. The van der Waals surface area contributed by atoms with E-state index in [1.165, 1.54) is 25.7 Å². The number of nitrogens with one attached hydrogen (secondary N) is 1. The maximum atomic E-state index is 11.7. The first-order valence-electron chi connectivity index (χ1n) is 6.83. The van der Waals surface area contributed by atoms with Gasteiger partial charge in [0.05, 0.1) is 5.75 Å². The van der Waals surface area contributed by atoms with E-state index in [0.29, 0.717) is 17.7 Å². The minimum absolute atomic E-state index is 0.340. The average Bonchev–Trinajstić information content (AvgIpc) is 2.82. The molecule has 3 nitrogen and oxygen atoms in total. The van der Waals surface area contributed by atoms with Crippen molar-refractivity contribution < 1.29 is 4.79 Å². The van der Waals surface area contributed by atoms with Crippen LogP contribution in [0.4, 0.5) is 0 Å². The maximum absolute atomic E-state index is 11.7. The highest BCUT2D eigenvalue weighted by molar-refractivity contribution is 7.99. The van der Waals surface area contributed by atoms with Crippen molar-refractivity contribution in [1.82, 2.24) is 10.2 Å². The van der Waals surface area contributed by atoms with Gasteiger partial charge in [0.15, 0.2) is 0 Å². The van der Waals surface area contributed by atoms with Gasteiger partial charge >= 0.3 is 0 Å². The van der Waals surface area contributed by atoms with Crippen LogP contribution in [0.2, 0.25) is 0 Å². The van der Waals surface area contributed by atoms with E-state index in [-0.39, 0.29) is 0 Å². The molecule has 4 heteroatoms. The second-order valence-electron chi connectivity index (χ2n) is 4.74. The highest BCUT2D eigenvalue weighted by atomic mass is 32.2. The molecule has 1 aliphatic heterocycles. The summed E-state index contributed by atoms with van der Waals surface area (Å²) in [5.74, 6) is 2.12. The molecule has 1 unspecified atom stereocenters. The van der Waals surface area contributed by atoms with Crippen molar-refractivity contribution in [2.24, 2.45) is 0 Å². The quantitative estimate of drug-likeness (QED) is 0.677. The summed E-state index contributed by atoms with van der Waals surface area (Å²) < 4.78 is 0. The first-order valence-corrected chi connectivity index (χ1v) is 7.98. The van der Waals surface area contributed by atoms with Crippen LogP contribution in [0.5, 0.6) is 0 Å². The highest BCUT2D eigenvalue weighted by Gasteiger charge is 2.17. The molecule has 1 fully saturated rings. The molecule has 17 heavy (non-hydrogen) atoms. The fourth-order valence-corrected chi connectivity index (χ4v) is 3.03. The van der Waals surface area contributed by atoms with Gasteiger partial charge in [-0.15, -0.1) is 0 Å². The van der Waals surface area contributed by atoms with E-state index in [2.05, 4.69) is 19.2 Å². The Balaban J connectivity index is 1.94. The van der Waals surface area contributed by atoms with Crippen molar-refractivity contribution >= 4 is 17.7 Å². The second-order valence-corrected chi connectivity index (χ2v) is 5.85. The summed E-state index contributed by atoms with van der Waals surface area (Å²) in [6.07, 6.45) is 4.79. The molecule has 0 aromatic heterocycles. The molecule has 0 radical (unpaired) electrons. The number of thioether (sulfide) groups is 1. The molecule has 0 aromatic carbocycles. The van der Waals surface area contributed by atoms with Gasteiger partial charge in [-0.1, -0.05) is 6.92 Å². The van der Waals surface area contributed by atoms with E-state index >= 15 is 0 Å². The molecule has 1 N–H and O–H groups in total. The summed E-state index contributed by atoms with van der Waals surface area (Å²) in [7, 11) is 0. The van der Waals surface area contributed by atoms with E-state index < -0.39 is 0 Å². The second kappa shape index (κ2) is 8.81. The lowest BCUT2D eigenvalue weighted by Crippen LogP contribution is -2.29. The van der Waals surface area contributed by atoms with Gasteiger partial charge in [0, 0.05) is 19.1 Å². The smallest absolute Gasteiger partial charge is 0.232 e. The predicted molar refractivity (Wildman–Crippen MR) is 75.5 cm³/mol. The van der Waals surface area contributed by atoms with E-state index in [4.69, 9.17) is 0 Å². The van der Waals surface area contributed by atoms with Crippen molar-refractivity contribution in [3.8, 4) is 0 Å². The first-order chi connectivity index (χ1) is 8.24. The molecule has 1 rings (SSSR count). The zero-order chi connectivity index (χ0) is 12.5. The Bertz CT molecular complexity index is 217. The number of hydrogen-bond acceptors (Lipinski definition) is 3. The number of nitrogens with zero attached hydrogens (tertiary/aromatic N) is 1. The zero-order valence-electron chi connectivity index (χ0n) is 11.2. The van der Waals surface area contributed by atoms with Crippen LogP contribution in [0.3, 0.4) is 0 Å². The van der Waals surface area contributed by atoms with Gasteiger partial charge in [-0.2, -0.15) is 11.8 Å². The van der Waals surface area contributed by atoms with Crippen molar-refractivity contribution in [2.45, 2.75) is 45.6 Å². The highest BCUT2D eigenvalue weighted by Crippen LogP contribution is 2.12. The third kappa shape index (κ3) is 6.32. The fraction of sp³-hybridized carbons (Fsp3) is 0.923. The summed E-state index contributed by atoms with van der Waals surface area (Å²) in [6, 6.07) is 0.606. The molecule has 100 valence electrons. The number of hydrogen-bond donors (Lipinski definition) is 1. The summed E-state index contributed by atoms with van der Waals surface area (Å²) in [6.45, 7) is 7.37. The molecule has 0 spiro atoms. The molecule has 1 amide bonds. The number of likely N-dealkylation sites (tertiary alicyclic amines) is 1. The molecule has 1 heterocycles. The summed E-state index contributed by atoms with van der Waals surface area (Å²) in [5.41, 5.74) is 0. The summed E-state index contributed by atoms with van der Waals surface area (Å²) in [4.78, 5) is 13.7. The monoisotopic (exact) mass is 258 g/mol. The molecule has 1 atom stereocenters. The number of carbonyl (C=O) groups is 1. The van der Waals surface area contributed by atoms with Crippen LogP contribution >= 0.6 is 11.8 Å². The van der Waals surface area contributed by atoms with Crippen molar-refractivity contribution in [3.05, 3.63) is 0 Å². The predicted octanol–water partition coefficient (Wildman–Crippen LogP) is 2.12. The number of carbonyl (C=O) groups excluding carboxylic acids is 1. The molecular formula is C13H26N2OS. The summed E-state index contributed by atoms with van der Waals surface area (Å²) in [5, 5.41) is 3.41. The van der Waals surface area contributed by atoms with Gasteiger partial charge in [-0.25, -0.2) is 0 Å². The Kier molecular flexibility index (Phi) is 7.69. The van der Waals surface area contributed by atoms with Crippen molar-refractivity contribution in [1.29, 1.82) is 0 Å². The lowest BCUT2D eigenvalue weighted by Gasteiger charge is -2.15. The van der Waals surface area contributed by atoms with E-state index in [9.17, 15) is 4.79 Å². The Morgan fingerprint density at radius 2 is 2.12 bits per heavy atom.